The van der Waals surface area contributed by atoms with Gasteiger partial charge in [-0.3, -0.25) is 24.3 Å². The van der Waals surface area contributed by atoms with Crippen molar-refractivity contribution in [2.24, 2.45) is 0 Å². The molecule has 3 heterocycles. The average Bonchev–Trinajstić information content (AvgIpc) is 3.23. The van der Waals surface area contributed by atoms with Crippen molar-refractivity contribution in [3.05, 3.63) is 75.0 Å². The van der Waals surface area contributed by atoms with Crippen LogP contribution in [0.15, 0.2) is 62.6 Å². The number of carbonyl (C=O) groups excluding carboxylic acids is 2. The first kappa shape index (κ1) is 18.9. The normalized spacial score (nSPS) is 13.0. The van der Waals surface area contributed by atoms with Crippen LogP contribution >= 0.6 is 34.7 Å². The zero-order chi connectivity index (χ0) is 21.0. The van der Waals surface area contributed by atoms with E-state index < -0.39 is 17.4 Å². The number of rotatable bonds is 3. The first-order valence-corrected chi connectivity index (χ1v) is 10.7. The number of benzene rings is 2. The number of para-hydroxylation sites is 1. The van der Waals surface area contributed by atoms with Crippen molar-refractivity contribution in [3.8, 4) is 5.69 Å². The third-order valence-corrected chi connectivity index (χ3v) is 6.98. The first-order valence-electron chi connectivity index (χ1n) is 8.67. The molecule has 3 N–H and O–H groups in total. The van der Waals surface area contributed by atoms with Gasteiger partial charge in [-0.15, -0.1) is 11.3 Å². The zero-order valence-corrected chi connectivity index (χ0v) is 17.4. The number of nitrogens with zero attached hydrogens (tertiary/aromatic N) is 2. The summed E-state index contributed by atoms with van der Waals surface area (Å²) in [5, 5.41) is 2.55. The van der Waals surface area contributed by atoms with Crippen LogP contribution in [0.2, 0.25) is 5.02 Å². The SMILES string of the molecule is Nc1c2c(cc(=O)n1-c1cc(Cl)ccc1Sc1nc3ccccc3s1)C(=O)NC2=O. The summed E-state index contributed by atoms with van der Waals surface area (Å²) >= 11 is 9.08. The second kappa shape index (κ2) is 6.98. The van der Waals surface area contributed by atoms with Crippen molar-refractivity contribution >= 4 is 62.5 Å². The third kappa shape index (κ3) is 2.98. The van der Waals surface area contributed by atoms with E-state index in [2.05, 4.69) is 10.3 Å². The number of fused-ring (bicyclic) bond motifs is 2. The quantitative estimate of drug-likeness (QED) is 0.457. The molecule has 0 atom stereocenters. The van der Waals surface area contributed by atoms with Gasteiger partial charge in [-0.1, -0.05) is 35.5 Å². The van der Waals surface area contributed by atoms with Crippen molar-refractivity contribution in [2.45, 2.75) is 9.24 Å². The van der Waals surface area contributed by atoms with E-state index in [9.17, 15) is 14.4 Å². The molecule has 30 heavy (non-hydrogen) atoms. The number of halogens is 1. The summed E-state index contributed by atoms with van der Waals surface area (Å²) in [6.45, 7) is 0. The summed E-state index contributed by atoms with van der Waals surface area (Å²) in [5.41, 5.74) is 6.88. The summed E-state index contributed by atoms with van der Waals surface area (Å²) in [5.74, 6) is -1.39. The third-order valence-electron chi connectivity index (χ3n) is 4.59. The van der Waals surface area contributed by atoms with Gasteiger partial charge in [0.05, 0.1) is 27.0 Å². The molecular formula is C20H11ClN4O3S2. The van der Waals surface area contributed by atoms with Gasteiger partial charge < -0.3 is 5.73 Å². The lowest BCUT2D eigenvalue weighted by Gasteiger charge is -2.15. The Balaban J connectivity index is 1.68. The molecule has 7 nitrogen and oxygen atoms in total. The Morgan fingerprint density at radius 3 is 2.67 bits per heavy atom. The smallest absolute Gasteiger partial charge is 0.262 e. The van der Waals surface area contributed by atoms with Gasteiger partial charge in [-0.05, 0) is 30.3 Å². The van der Waals surface area contributed by atoms with Crippen LogP contribution in [0.25, 0.3) is 15.9 Å². The maximum Gasteiger partial charge on any atom is 0.262 e. The Kier molecular flexibility index (Phi) is 4.39. The summed E-state index contributed by atoms with van der Waals surface area (Å²) in [6.07, 6.45) is 0. The number of nitrogens with one attached hydrogen (secondary N) is 1. The highest BCUT2D eigenvalue weighted by Crippen LogP contribution is 2.38. The molecule has 0 bridgehead atoms. The van der Waals surface area contributed by atoms with Gasteiger partial charge in [0.1, 0.15) is 5.82 Å². The molecule has 0 aliphatic carbocycles. The van der Waals surface area contributed by atoms with Crippen LogP contribution in [0.3, 0.4) is 0 Å². The maximum absolute atomic E-state index is 12.8. The highest BCUT2D eigenvalue weighted by Gasteiger charge is 2.32. The van der Waals surface area contributed by atoms with E-state index in [1.54, 1.807) is 18.2 Å². The van der Waals surface area contributed by atoms with Crippen LogP contribution < -0.4 is 16.6 Å². The number of nitrogens with two attached hydrogens (primary N) is 1. The minimum absolute atomic E-state index is 0.0180. The van der Waals surface area contributed by atoms with Gasteiger partial charge in [-0.25, -0.2) is 4.98 Å². The molecule has 1 aliphatic heterocycles. The molecule has 0 radical (unpaired) electrons. The second-order valence-corrected chi connectivity index (χ2v) is 9.19. The topological polar surface area (TPSA) is 107 Å². The van der Waals surface area contributed by atoms with Gasteiger partial charge in [-0.2, -0.15) is 0 Å². The molecule has 1 aliphatic rings. The molecule has 0 unspecified atom stereocenters. The number of nitrogen functional groups attached to an aromatic ring is 1. The molecule has 5 rings (SSSR count). The Morgan fingerprint density at radius 2 is 1.87 bits per heavy atom. The molecule has 0 saturated carbocycles. The highest BCUT2D eigenvalue weighted by atomic mass is 35.5. The lowest BCUT2D eigenvalue weighted by Crippen LogP contribution is -2.24. The molecule has 148 valence electrons. The highest BCUT2D eigenvalue weighted by molar-refractivity contribution is 8.01. The van der Waals surface area contributed by atoms with Crippen LogP contribution in [0, 0.1) is 0 Å². The average molecular weight is 455 g/mol. The molecule has 2 amide bonds. The molecule has 2 aromatic heterocycles. The molecule has 10 heteroatoms. The number of anilines is 1. The van der Waals surface area contributed by atoms with Gasteiger partial charge >= 0.3 is 0 Å². The fourth-order valence-electron chi connectivity index (χ4n) is 3.27. The molecule has 0 saturated heterocycles. The van der Waals surface area contributed by atoms with Gasteiger partial charge in [0, 0.05) is 16.0 Å². The van der Waals surface area contributed by atoms with Crippen LogP contribution in [0.5, 0.6) is 0 Å². The van der Waals surface area contributed by atoms with E-state index in [1.807, 2.05) is 24.3 Å². The Hall–Kier alpha value is -3.14. The number of aromatic nitrogens is 2. The fourth-order valence-corrected chi connectivity index (χ4v) is 5.56. The largest absolute Gasteiger partial charge is 0.384 e. The molecule has 2 aromatic carbocycles. The van der Waals surface area contributed by atoms with Crippen molar-refractivity contribution in [2.75, 3.05) is 5.73 Å². The van der Waals surface area contributed by atoms with Crippen molar-refractivity contribution < 1.29 is 9.59 Å². The molecule has 0 fully saturated rings. The standard InChI is InChI=1S/C20H11ClN4O3S2/c21-9-5-6-14(30-20-23-11-3-1-2-4-13(11)29-20)12(7-9)25-15(26)8-10-16(17(25)22)19(28)24-18(10)27/h1-8H,22H2,(H,24,27,28). The summed E-state index contributed by atoms with van der Waals surface area (Å²) in [6, 6.07) is 13.9. The Labute approximate surface area is 182 Å². The lowest BCUT2D eigenvalue weighted by molar-refractivity contribution is 0.0880. The number of imide groups is 1. The fraction of sp³-hybridized carbons (Fsp3) is 0. The lowest BCUT2D eigenvalue weighted by atomic mass is 10.1. The molecular weight excluding hydrogens is 444 g/mol. The van der Waals surface area contributed by atoms with E-state index >= 15 is 0 Å². The Morgan fingerprint density at radius 1 is 1.07 bits per heavy atom. The number of hydrogen-bond acceptors (Lipinski definition) is 7. The summed E-state index contributed by atoms with van der Waals surface area (Å²) in [4.78, 5) is 42.2. The first-order chi connectivity index (χ1) is 14.4. The number of hydrogen-bond donors (Lipinski definition) is 2. The van der Waals surface area contributed by atoms with Gasteiger partial charge in [0.15, 0.2) is 4.34 Å². The number of pyridine rings is 1. The monoisotopic (exact) mass is 454 g/mol. The van der Waals surface area contributed by atoms with Crippen LogP contribution in [-0.4, -0.2) is 21.4 Å². The van der Waals surface area contributed by atoms with E-state index in [1.165, 1.54) is 27.7 Å². The number of carbonyl (C=O) groups is 2. The van der Waals surface area contributed by atoms with E-state index in [4.69, 9.17) is 17.3 Å². The van der Waals surface area contributed by atoms with E-state index in [0.29, 0.717) is 15.6 Å². The number of amides is 2. The van der Waals surface area contributed by atoms with Gasteiger partial charge in [0.2, 0.25) is 0 Å². The van der Waals surface area contributed by atoms with Gasteiger partial charge in [0.25, 0.3) is 17.4 Å². The summed E-state index contributed by atoms with van der Waals surface area (Å²) in [7, 11) is 0. The molecule has 4 aromatic rings. The minimum Gasteiger partial charge on any atom is -0.384 e. The van der Waals surface area contributed by atoms with Crippen LogP contribution in [-0.2, 0) is 0 Å². The van der Waals surface area contributed by atoms with Crippen LogP contribution in [0.1, 0.15) is 20.7 Å². The van der Waals surface area contributed by atoms with E-state index in [0.717, 1.165) is 20.6 Å². The Bertz CT molecular complexity index is 1410. The number of thiazole rings is 1. The van der Waals surface area contributed by atoms with Crippen molar-refractivity contribution in [1.29, 1.82) is 0 Å². The van der Waals surface area contributed by atoms with Crippen molar-refractivity contribution in [3.63, 3.8) is 0 Å². The summed E-state index contributed by atoms with van der Waals surface area (Å²) < 4.78 is 3.01. The maximum atomic E-state index is 12.8. The zero-order valence-electron chi connectivity index (χ0n) is 15.0. The minimum atomic E-state index is -0.638. The second-order valence-electron chi connectivity index (χ2n) is 6.44. The predicted molar refractivity (Wildman–Crippen MR) is 117 cm³/mol. The predicted octanol–water partition coefficient (Wildman–Crippen LogP) is 3.72. The van der Waals surface area contributed by atoms with Crippen molar-refractivity contribution in [1.82, 2.24) is 14.9 Å². The van der Waals surface area contributed by atoms with Crippen LogP contribution in [0.4, 0.5) is 5.82 Å². The molecule has 0 spiro atoms. The van der Waals surface area contributed by atoms with E-state index in [-0.39, 0.29) is 16.9 Å².